The molecule has 0 fully saturated rings. The fraction of sp³-hybridized carbons (Fsp3) is 0.286. The summed E-state index contributed by atoms with van der Waals surface area (Å²) in [5.41, 5.74) is 6.06. The molecule has 0 radical (unpaired) electrons. The lowest BCUT2D eigenvalue weighted by Gasteiger charge is -2.27. The van der Waals surface area contributed by atoms with Crippen molar-refractivity contribution in [3.05, 3.63) is 71.2 Å². The molecule has 9 heteroatoms. The van der Waals surface area contributed by atoms with Crippen LogP contribution in [0.15, 0.2) is 48.7 Å². The van der Waals surface area contributed by atoms with Crippen LogP contribution in [-0.2, 0) is 17.7 Å². The Labute approximate surface area is 214 Å². The third-order valence-electron chi connectivity index (χ3n) is 6.30. The minimum atomic E-state index is -1.03. The number of hydrogen-bond donors (Lipinski definition) is 3. The fourth-order valence-corrected chi connectivity index (χ4v) is 4.58. The second kappa shape index (κ2) is 9.24. The molecule has 1 aliphatic heterocycles. The molecule has 0 spiro atoms. The topological polar surface area (TPSA) is 120 Å². The van der Waals surface area contributed by atoms with E-state index in [1.54, 1.807) is 6.92 Å². The zero-order valence-corrected chi connectivity index (χ0v) is 21.3. The molecule has 5 rings (SSSR count). The number of benzene rings is 2. The number of fused-ring (bicyclic) bond motifs is 3. The van der Waals surface area contributed by atoms with Crippen molar-refractivity contribution in [2.75, 3.05) is 16.8 Å². The summed E-state index contributed by atoms with van der Waals surface area (Å²) in [5, 5.41) is 13.2. The summed E-state index contributed by atoms with van der Waals surface area (Å²) in [4.78, 5) is 37.9. The SMILES string of the molecule is Cc1nc(N2CCc3[nH]c4ccc(-c5cccc(NC(=O)OC(C)(C)C)c5)cc4c3C2)ncc1C(=O)O. The number of H-pyrrole nitrogens is 1. The highest BCUT2D eigenvalue weighted by Gasteiger charge is 2.24. The van der Waals surface area contributed by atoms with Crippen LogP contribution >= 0.6 is 0 Å². The molecular formula is C28H29N5O4. The molecule has 0 saturated carbocycles. The Morgan fingerprint density at radius 2 is 1.92 bits per heavy atom. The molecule has 3 N–H and O–H groups in total. The van der Waals surface area contributed by atoms with Gasteiger partial charge in [-0.15, -0.1) is 0 Å². The molecule has 0 saturated heterocycles. The zero-order valence-electron chi connectivity index (χ0n) is 21.3. The van der Waals surface area contributed by atoms with E-state index in [0.29, 0.717) is 23.9 Å². The van der Waals surface area contributed by atoms with E-state index >= 15 is 0 Å². The van der Waals surface area contributed by atoms with Crippen molar-refractivity contribution in [3.63, 3.8) is 0 Å². The second-order valence-corrected chi connectivity index (χ2v) is 10.2. The first kappa shape index (κ1) is 24.3. The summed E-state index contributed by atoms with van der Waals surface area (Å²) < 4.78 is 5.37. The van der Waals surface area contributed by atoms with Gasteiger partial charge in [0.1, 0.15) is 5.60 Å². The highest BCUT2D eigenvalue weighted by molar-refractivity contribution is 5.91. The van der Waals surface area contributed by atoms with E-state index in [1.807, 2.05) is 45.0 Å². The Balaban J connectivity index is 1.42. The van der Waals surface area contributed by atoms with Crippen LogP contribution in [0.2, 0.25) is 0 Å². The smallest absolute Gasteiger partial charge is 0.412 e. The number of hydrogen-bond acceptors (Lipinski definition) is 6. The summed E-state index contributed by atoms with van der Waals surface area (Å²) in [5.74, 6) is -0.501. The number of carboxylic acid groups (broad SMARTS) is 1. The third-order valence-corrected chi connectivity index (χ3v) is 6.30. The Morgan fingerprint density at radius 3 is 2.65 bits per heavy atom. The summed E-state index contributed by atoms with van der Waals surface area (Å²) in [7, 11) is 0. The predicted octanol–water partition coefficient (Wildman–Crippen LogP) is 5.54. The number of nitrogens with one attached hydrogen (secondary N) is 2. The number of aromatic amines is 1. The number of rotatable bonds is 4. The van der Waals surface area contributed by atoms with Crippen molar-refractivity contribution in [2.24, 2.45) is 0 Å². The molecule has 0 bridgehead atoms. The van der Waals surface area contributed by atoms with Gasteiger partial charge in [-0.2, -0.15) is 0 Å². The minimum absolute atomic E-state index is 0.113. The van der Waals surface area contributed by atoms with Crippen molar-refractivity contribution in [1.82, 2.24) is 15.0 Å². The molecule has 2 aromatic heterocycles. The van der Waals surface area contributed by atoms with Crippen LogP contribution in [-0.4, -0.2) is 44.3 Å². The van der Waals surface area contributed by atoms with Crippen LogP contribution in [0.25, 0.3) is 22.0 Å². The van der Waals surface area contributed by atoms with E-state index in [-0.39, 0.29) is 5.56 Å². The van der Waals surface area contributed by atoms with E-state index in [1.165, 1.54) is 17.5 Å². The fourth-order valence-electron chi connectivity index (χ4n) is 4.58. The average Bonchev–Trinajstić information content (AvgIpc) is 3.20. The summed E-state index contributed by atoms with van der Waals surface area (Å²) in [6.07, 6.45) is 1.69. The van der Waals surface area contributed by atoms with Crippen molar-refractivity contribution in [1.29, 1.82) is 0 Å². The van der Waals surface area contributed by atoms with Crippen LogP contribution < -0.4 is 10.2 Å². The van der Waals surface area contributed by atoms with E-state index in [9.17, 15) is 14.7 Å². The number of carbonyl (C=O) groups is 2. The van der Waals surface area contributed by atoms with Crippen molar-refractivity contribution >= 4 is 34.6 Å². The van der Waals surface area contributed by atoms with Gasteiger partial charge < -0.3 is 19.7 Å². The second-order valence-electron chi connectivity index (χ2n) is 10.2. The molecule has 4 aromatic rings. The number of amides is 1. The lowest BCUT2D eigenvalue weighted by atomic mass is 9.99. The molecule has 2 aromatic carbocycles. The number of nitrogens with zero attached hydrogens (tertiary/aromatic N) is 3. The summed E-state index contributed by atoms with van der Waals surface area (Å²) >= 11 is 0. The first-order valence-electron chi connectivity index (χ1n) is 12.1. The van der Waals surface area contributed by atoms with Crippen molar-refractivity contribution in [2.45, 2.75) is 46.3 Å². The summed E-state index contributed by atoms with van der Waals surface area (Å²) in [6.45, 7) is 8.52. The molecular weight excluding hydrogens is 470 g/mol. The standard InChI is InChI=1S/C28H29N5O4/c1-16-21(25(34)35)14-29-26(30-16)33-11-10-24-22(15-33)20-13-18(8-9-23(20)32-24)17-6-5-7-19(12-17)31-27(36)37-28(2,3)4/h5-9,12-14,32H,10-11,15H2,1-4H3,(H,31,36)(H,34,35). The Bertz CT molecular complexity index is 1520. The van der Waals surface area contributed by atoms with Gasteiger partial charge in [0.05, 0.1) is 11.3 Å². The van der Waals surface area contributed by atoms with E-state index in [0.717, 1.165) is 35.0 Å². The third kappa shape index (κ3) is 5.11. The normalized spacial score (nSPS) is 13.4. The maximum absolute atomic E-state index is 12.2. The largest absolute Gasteiger partial charge is 0.478 e. The van der Waals surface area contributed by atoms with Gasteiger partial charge in [-0.05, 0) is 63.1 Å². The first-order chi connectivity index (χ1) is 17.6. The summed E-state index contributed by atoms with van der Waals surface area (Å²) in [6, 6.07) is 14.0. The van der Waals surface area contributed by atoms with Gasteiger partial charge in [0, 0.05) is 53.6 Å². The number of anilines is 2. The Kier molecular flexibility index (Phi) is 6.07. The van der Waals surface area contributed by atoms with E-state index in [2.05, 4.69) is 43.4 Å². The highest BCUT2D eigenvalue weighted by atomic mass is 16.6. The average molecular weight is 500 g/mol. The number of ether oxygens (including phenoxy) is 1. The monoisotopic (exact) mass is 499 g/mol. The van der Waals surface area contributed by atoms with Gasteiger partial charge in [-0.25, -0.2) is 19.6 Å². The van der Waals surface area contributed by atoms with Crippen molar-refractivity contribution < 1.29 is 19.4 Å². The predicted molar refractivity (Wildman–Crippen MR) is 142 cm³/mol. The number of aromatic nitrogens is 3. The van der Waals surface area contributed by atoms with Crippen LogP contribution in [0.3, 0.4) is 0 Å². The number of carbonyl (C=O) groups excluding carboxylic acids is 1. The lowest BCUT2D eigenvalue weighted by Crippen LogP contribution is -2.31. The maximum Gasteiger partial charge on any atom is 0.412 e. The highest BCUT2D eigenvalue weighted by Crippen LogP contribution is 2.33. The number of aromatic carboxylic acids is 1. The van der Waals surface area contributed by atoms with Gasteiger partial charge >= 0.3 is 12.1 Å². The van der Waals surface area contributed by atoms with E-state index < -0.39 is 17.7 Å². The molecule has 1 amide bonds. The maximum atomic E-state index is 12.2. The molecule has 1 aliphatic rings. The molecule has 37 heavy (non-hydrogen) atoms. The minimum Gasteiger partial charge on any atom is -0.478 e. The van der Waals surface area contributed by atoms with Crippen LogP contribution in [0.5, 0.6) is 0 Å². The Morgan fingerprint density at radius 1 is 1.14 bits per heavy atom. The molecule has 0 aliphatic carbocycles. The van der Waals surface area contributed by atoms with Gasteiger partial charge in [0.2, 0.25) is 5.95 Å². The van der Waals surface area contributed by atoms with E-state index in [4.69, 9.17) is 4.74 Å². The lowest BCUT2D eigenvalue weighted by molar-refractivity contribution is 0.0634. The number of aryl methyl sites for hydroxylation is 1. The molecule has 3 heterocycles. The molecule has 190 valence electrons. The van der Waals surface area contributed by atoms with Gasteiger partial charge in [0.15, 0.2) is 0 Å². The Hall–Kier alpha value is -4.40. The molecule has 0 atom stereocenters. The van der Waals surface area contributed by atoms with Crippen LogP contribution in [0, 0.1) is 6.92 Å². The number of carboxylic acids is 1. The van der Waals surface area contributed by atoms with Crippen LogP contribution in [0.4, 0.5) is 16.4 Å². The zero-order chi connectivity index (χ0) is 26.3. The van der Waals surface area contributed by atoms with Crippen LogP contribution in [0.1, 0.15) is 48.1 Å². The van der Waals surface area contributed by atoms with Gasteiger partial charge in [-0.3, -0.25) is 5.32 Å². The molecule has 0 unspecified atom stereocenters. The van der Waals surface area contributed by atoms with Crippen molar-refractivity contribution in [3.8, 4) is 11.1 Å². The van der Waals surface area contributed by atoms with Gasteiger partial charge in [0.25, 0.3) is 0 Å². The molecule has 9 nitrogen and oxygen atoms in total. The first-order valence-corrected chi connectivity index (χ1v) is 12.1. The van der Waals surface area contributed by atoms with Gasteiger partial charge in [-0.1, -0.05) is 18.2 Å². The quantitative estimate of drug-likeness (QED) is 0.337.